The maximum absolute atomic E-state index is 8.88. The van der Waals surface area contributed by atoms with Crippen molar-refractivity contribution in [1.82, 2.24) is 10.6 Å². The number of aliphatic imine (C=N–C) groups is 1. The fourth-order valence-electron chi connectivity index (χ4n) is 1.95. The Hall–Kier alpha value is -1.02. The van der Waals surface area contributed by atoms with Crippen molar-refractivity contribution < 1.29 is 9.84 Å². The summed E-state index contributed by atoms with van der Waals surface area (Å²) in [5.41, 5.74) is 1.08. The summed E-state index contributed by atoms with van der Waals surface area (Å²) in [5.74, 6) is 2.37. The largest absolute Gasteiger partial charge is 0.493 e. The Kier molecular flexibility index (Phi) is 9.22. The van der Waals surface area contributed by atoms with Gasteiger partial charge in [0.25, 0.3) is 0 Å². The molecule has 0 unspecified atom stereocenters. The van der Waals surface area contributed by atoms with E-state index in [1.807, 2.05) is 31.2 Å². The second-order valence-electron chi connectivity index (χ2n) is 5.21. The molecule has 0 bridgehead atoms. The number of aliphatic hydroxyl groups is 1. The summed E-state index contributed by atoms with van der Waals surface area (Å²) >= 11 is 0. The van der Waals surface area contributed by atoms with Crippen LogP contribution in [0.3, 0.4) is 0 Å². The quantitative estimate of drug-likeness (QED) is 0.343. The first-order chi connectivity index (χ1) is 10.3. The van der Waals surface area contributed by atoms with Gasteiger partial charge in [0, 0.05) is 18.7 Å². The molecular weight excluding hydrogens is 393 g/mol. The first-order valence-corrected chi connectivity index (χ1v) is 7.67. The van der Waals surface area contributed by atoms with Crippen molar-refractivity contribution in [2.75, 3.05) is 26.3 Å². The first-order valence-electron chi connectivity index (χ1n) is 7.67. The van der Waals surface area contributed by atoms with Gasteiger partial charge >= 0.3 is 0 Å². The number of aliphatic hydroxyl groups excluding tert-OH is 1. The lowest BCUT2D eigenvalue weighted by Crippen LogP contribution is -2.38. The number of hydrogen-bond donors (Lipinski definition) is 3. The van der Waals surface area contributed by atoms with E-state index in [4.69, 9.17) is 9.84 Å². The fraction of sp³-hybridized carbons (Fsp3) is 0.562. The zero-order valence-electron chi connectivity index (χ0n) is 13.0. The molecule has 0 spiro atoms. The molecule has 0 amide bonds. The van der Waals surface area contributed by atoms with Gasteiger partial charge in [-0.3, -0.25) is 0 Å². The highest BCUT2D eigenvalue weighted by Gasteiger charge is 2.22. The molecular formula is C16H26IN3O2. The molecule has 1 aromatic carbocycles. The maximum Gasteiger partial charge on any atom is 0.191 e. The molecule has 0 aliphatic heterocycles. The third-order valence-electron chi connectivity index (χ3n) is 3.30. The van der Waals surface area contributed by atoms with Gasteiger partial charge < -0.3 is 20.5 Å². The third kappa shape index (κ3) is 6.83. The van der Waals surface area contributed by atoms with Gasteiger partial charge in [-0.1, -0.05) is 18.2 Å². The van der Waals surface area contributed by atoms with Crippen LogP contribution in [0.15, 0.2) is 29.3 Å². The molecule has 3 N–H and O–H groups in total. The van der Waals surface area contributed by atoms with Crippen LogP contribution in [0.4, 0.5) is 0 Å². The Morgan fingerprint density at radius 1 is 1.32 bits per heavy atom. The molecule has 0 saturated heterocycles. The number of benzene rings is 1. The average Bonchev–Trinajstić information content (AvgIpc) is 3.33. The number of guanidine groups is 1. The molecule has 1 aliphatic rings. The van der Waals surface area contributed by atoms with Gasteiger partial charge in [0.05, 0.1) is 19.8 Å². The summed E-state index contributed by atoms with van der Waals surface area (Å²) in [6, 6.07) is 8.04. The van der Waals surface area contributed by atoms with Crippen molar-refractivity contribution in [2.45, 2.75) is 26.3 Å². The van der Waals surface area contributed by atoms with Crippen molar-refractivity contribution in [2.24, 2.45) is 10.9 Å². The Labute approximate surface area is 149 Å². The minimum atomic E-state index is 0. The van der Waals surface area contributed by atoms with Crippen LogP contribution in [0.5, 0.6) is 5.75 Å². The highest BCUT2D eigenvalue weighted by atomic mass is 127. The Morgan fingerprint density at radius 3 is 2.77 bits per heavy atom. The molecule has 2 rings (SSSR count). The standard InChI is InChI=1S/C16H25N3O2.HI/c1-2-17-16(18-9-10-20)19-11-14-5-3-4-6-15(14)21-12-13-7-8-13;/h3-6,13,20H,2,7-12H2,1H3,(H2,17,18,19);1H. The van der Waals surface area contributed by atoms with Gasteiger partial charge in [0.1, 0.15) is 5.75 Å². The van der Waals surface area contributed by atoms with E-state index in [0.717, 1.165) is 30.4 Å². The second kappa shape index (κ2) is 10.7. The molecule has 1 aromatic rings. The molecule has 6 heteroatoms. The third-order valence-corrected chi connectivity index (χ3v) is 3.30. The molecule has 1 fully saturated rings. The minimum absolute atomic E-state index is 0. The molecule has 22 heavy (non-hydrogen) atoms. The van der Waals surface area contributed by atoms with Gasteiger partial charge in [-0.05, 0) is 31.7 Å². The minimum Gasteiger partial charge on any atom is -0.493 e. The summed E-state index contributed by atoms with van der Waals surface area (Å²) in [6.45, 7) is 4.75. The van der Waals surface area contributed by atoms with Crippen LogP contribution in [0.1, 0.15) is 25.3 Å². The fourth-order valence-corrected chi connectivity index (χ4v) is 1.95. The summed E-state index contributed by atoms with van der Waals surface area (Å²) in [5, 5.41) is 15.1. The first kappa shape index (κ1) is 19.0. The average molecular weight is 419 g/mol. The molecule has 5 nitrogen and oxygen atoms in total. The van der Waals surface area contributed by atoms with Gasteiger partial charge in [0.2, 0.25) is 0 Å². The zero-order chi connectivity index (χ0) is 14.9. The Balaban J connectivity index is 0.00000242. The highest BCUT2D eigenvalue weighted by Crippen LogP contribution is 2.30. The lowest BCUT2D eigenvalue weighted by Gasteiger charge is -2.12. The molecule has 0 atom stereocenters. The van der Waals surface area contributed by atoms with Gasteiger partial charge in [-0.2, -0.15) is 0 Å². The van der Waals surface area contributed by atoms with Crippen molar-refractivity contribution >= 4 is 29.9 Å². The van der Waals surface area contributed by atoms with Crippen molar-refractivity contribution in [3.63, 3.8) is 0 Å². The predicted octanol–water partition coefficient (Wildman–Crippen LogP) is 2.14. The Morgan fingerprint density at radius 2 is 2.09 bits per heavy atom. The SMILES string of the molecule is CCNC(=NCc1ccccc1OCC1CC1)NCCO.I. The molecule has 124 valence electrons. The zero-order valence-corrected chi connectivity index (χ0v) is 15.4. The molecule has 0 radical (unpaired) electrons. The number of nitrogens with zero attached hydrogens (tertiary/aromatic N) is 1. The monoisotopic (exact) mass is 419 g/mol. The van der Waals surface area contributed by atoms with Crippen LogP contribution >= 0.6 is 24.0 Å². The van der Waals surface area contributed by atoms with E-state index >= 15 is 0 Å². The van der Waals surface area contributed by atoms with Crippen molar-refractivity contribution in [3.05, 3.63) is 29.8 Å². The lowest BCUT2D eigenvalue weighted by molar-refractivity contribution is 0.296. The number of para-hydroxylation sites is 1. The number of rotatable bonds is 8. The van der Waals surface area contributed by atoms with Crippen molar-refractivity contribution in [3.8, 4) is 5.75 Å². The predicted molar refractivity (Wildman–Crippen MR) is 100.0 cm³/mol. The number of nitrogens with one attached hydrogen (secondary N) is 2. The van der Waals surface area contributed by atoms with E-state index in [9.17, 15) is 0 Å². The smallest absolute Gasteiger partial charge is 0.191 e. The summed E-state index contributed by atoms with van der Waals surface area (Å²) < 4.78 is 5.88. The number of ether oxygens (including phenoxy) is 1. The van der Waals surface area contributed by atoms with Gasteiger partial charge in [-0.25, -0.2) is 4.99 Å². The Bertz CT molecular complexity index is 464. The topological polar surface area (TPSA) is 65.9 Å². The van der Waals surface area contributed by atoms with Crippen LogP contribution in [0.2, 0.25) is 0 Å². The maximum atomic E-state index is 8.88. The van der Waals surface area contributed by atoms with Gasteiger partial charge in [0.15, 0.2) is 5.96 Å². The number of halogens is 1. The summed E-state index contributed by atoms with van der Waals surface area (Å²) in [7, 11) is 0. The summed E-state index contributed by atoms with van der Waals surface area (Å²) in [4.78, 5) is 4.53. The van der Waals surface area contributed by atoms with E-state index in [0.29, 0.717) is 19.0 Å². The van der Waals surface area contributed by atoms with Gasteiger partial charge in [-0.15, -0.1) is 24.0 Å². The van der Waals surface area contributed by atoms with Crippen LogP contribution in [-0.2, 0) is 6.54 Å². The van der Waals surface area contributed by atoms with Crippen LogP contribution in [0.25, 0.3) is 0 Å². The van der Waals surface area contributed by atoms with E-state index in [-0.39, 0.29) is 30.6 Å². The molecule has 1 saturated carbocycles. The number of hydrogen-bond acceptors (Lipinski definition) is 3. The molecule has 1 aliphatic carbocycles. The van der Waals surface area contributed by atoms with E-state index in [1.165, 1.54) is 12.8 Å². The normalized spacial score (nSPS) is 14.2. The highest BCUT2D eigenvalue weighted by molar-refractivity contribution is 14.0. The van der Waals surface area contributed by atoms with E-state index in [2.05, 4.69) is 15.6 Å². The lowest BCUT2D eigenvalue weighted by atomic mass is 10.2. The summed E-state index contributed by atoms with van der Waals surface area (Å²) in [6.07, 6.45) is 2.58. The molecule has 0 heterocycles. The van der Waals surface area contributed by atoms with Crippen LogP contribution in [0, 0.1) is 5.92 Å². The second-order valence-corrected chi connectivity index (χ2v) is 5.21. The molecule has 0 aromatic heterocycles. The van der Waals surface area contributed by atoms with E-state index in [1.54, 1.807) is 0 Å². The van der Waals surface area contributed by atoms with E-state index < -0.39 is 0 Å². The van der Waals surface area contributed by atoms with Crippen molar-refractivity contribution in [1.29, 1.82) is 0 Å². The van der Waals surface area contributed by atoms with Crippen LogP contribution in [-0.4, -0.2) is 37.4 Å². The van der Waals surface area contributed by atoms with Crippen LogP contribution < -0.4 is 15.4 Å².